The summed E-state index contributed by atoms with van der Waals surface area (Å²) in [6.45, 7) is 2.65. The quantitative estimate of drug-likeness (QED) is 0.431. The molecule has 0 radical (unpaired) electrons. The van der Waals surface area contributed by atoms with E-state index in [-0.39, 0.29) is 12.4 Å². The van der Waals surface area contributed by atoms with E-state index in [9.17, 15) is 0 Å². The van der Waals surface area contributed by atoms with Crippen LogP contribution in [0, 0.1) is 0 Å². The predicted octanol–water partition coefficient (Wildman–Crippen LogP) is 0.0504. The van der Waals surface area contributed by atoms with Crippen LogP contribution < -0.4 is 0 Å². The summed E-state index contributed by atoms with van der Waals surface area (Å²) in [5, 5.41) is 15.7. The van der Waals surface area contributed by atoms with Gasteiger partial charge >= 0.3 is 0 Å². The van der Waals surface area contributed by atoms with Gasteiger partial charge in [0.05, 0.1) is 6.61 Å². The largest absolute Gasteiger partial charge is 0.510 e. The molecule has 0 rings (SSSR count). The Morgan fingerprint density at radius 3 is 2.00 bits per heavy atom. The topological polar surface area (TPSA) is 40.5 Å². The second kappa shape index (κ2) is 1.79. The van der Waals surface area contributed by atoms with Crippen molar-refractivity contribution in [2.24, 2.45) is 0 Å². The third kappa shape index (κ3) is 3.50. The lowest BCUT2D eigenvalue weighted by Gasteiger charge is -1.80. The number of hydrogen-bond donors (Lipinski definition) is 2. The summed E-state index contributed by atoms with van der Waals surface area (Å²) < 4.78 is 0. The summed E-state index contributed by atoms with van der Waals surface area (Å²) >= 11 is 0. The highest BCUT2D eigenvalue weighted by Crippen LogP contribution is 1.70. The first-order chi connectivity index (χ1) is 2.27. The molecule has 0 spiro atoms. The molecule has 0 aromatic rings. The van der Waals surface area contributed by atoms with Crippen molar-refractivity contribution in [2.45, 2.75) is 0 Å². The summed E-state index contributed by atoms with van der Waals surface area (Å²) in [5.41, 5.74) is 0. The van der Waals surface area contributed by atoms with Crippen LogP contribution >= 0.6 is 0 Å². The van der Waals surface area contributed by atoms with Crippen molar-refractivity contribution in [3.63, 3.8) is 0 Å². The summed E-state index contributed by atoms with van der Waals surface area (Å²) in [7, 11) is 0. The first kappa shape index (κ1) is 4.50. The molecule has 0 fully saturated rings. The van der Waals surface area contributed by atoms with Crippen LogP contribution in [0.4, 0.5) is 0 Å². The summed E-state index contributed by atoms with van der Waals surface area (Å²) in [4.78, 5) is 0. The van der Waals surface area contributed by atoms with Crippen LogP contribution in [0.5, 0.6) is 0 Å². The molecule has 0 atom stereocenters. The van der Waals surface area contributed by atoms with Crippen molar-refractivity contribution < 1.29 is 10.2 Å². The first-order valence-electron chi connectivity index (χ1n) is 1.25. The molecule has 0 saturated carbocycles. The van der Waals surface area contributed by atoms with E-state index in [0.29, 0.717) is 0 Å². The fourth-order valence-corrected chi connectivity index (χ4v) is 0. The van der Waals surface area contributed by atoms with Gasteiger partial charge in [-0.15, -0.1) is 0 Å². The Kier molecular flexibility index (Phi) is 1.61. The molecule has 0 aliphatic heterocycles. The molecule has 30 valence electrons. The molecule has 0 unspecified atom stereocenters. The molecule has 2 heteroatoms. The van der Waals surface area contributed by atoms with Crippen LogP contribution in [0.15, 0.2) is 12.3 Å². The van der Waals surface area contributed by atoms with Crippen LogP contribution in [-0.4, -0.2) is 16.8 Å². The fourth-order valence-electron chi connectivity index (χ4n) is 0. The molecule has 0 aliphatic rings. The van der Waals surface area contributed by atoms with Crippen molar-refractivity contribution >= 4 is 0 Å². The minimum Gasteiger partial charge on any atom is -0.510 e. The lowest BCUT2D eigenvalue weighted by Crippen LogP contribution is -1.81. The average molecular weight is 74.1 g/mol. The Hall–Kier alpha value is -0.500. The maximum Gasteiger partial charge on any atom is 0.110 e. The van der Waals surface area contributed by atoms with Crippen LogP contribution in [0.2, 0.25) is 0 Å². The zero-order valence-electron chi connectivity index (χ0n) is 2.81. The molecule has 5 heavy (non-hydrogen) atoms. The monoisotopic (exact) mass is 74.0 g/mol. The Bertz CT molecular complexity index is 40.2. The van der Waals surface area contributed by atoms with Gasteiger partial charge in [-0.1, -0.05) is 6.58 Å². The molecule has 0 saturated heterocycles. The maximum absolute atomic E-state index is 7.92. The highest BCUT2D eigenvalue weighted by Gasteiger charge is 1.72. The van der Waals surface area contributed by atoms with Crippen LogP contribution in [0.3, 0.4) is 0 Å². The number of hydrogen-bond acceptors (Lipinski definition) is 2. The van der Waals surface area contributed by atoms with Crippen LogP contribution in [-0.2, 0) is 0 Å². The van der Waals surface area contributed by atoms with E-state index in [1.54, 1.807) is 0 Å². The molecule has 0 bridgehead atoms. The SMILES string of the molecule is C=C(O)CO. The smallest absolute Gasteiger partial charge is 0.110 e. The molecule has 0 heterocycles. The minimum absolute atomic E-state index is 0.190. The summed E-state index contributed by atoms with van der Waals surface area (Å²) in [6, 6.07) is 0. The molecule has 0 aromatic carbocycles. The molecular formula is C3H6O2. The van der Waals surface area contributed by atoms with Gasteiger partial charge in [0, 0.05) is 0 Å². The van der Waals surface area contributed by atoms with E-state index in [1.807, 2.05) is 0 Å². The Morgan fingerprint density at radius 1 is 1.80 bits per heavy atom. The predicted molar refractivity (Wildman–Crippen MR) is 18.9 cm³/mol. The van der Waals surface area contributed by atoms with Gasteiger partial charge in [-0.2, -0.15) is 0 Å². The third-order valence-corrected chi connectivity index (χ3v) is 0.183. The number of aliphatic hydroxyl groups is 2. The van der Waals surface area contributed by atoms with Gasteiger partial charge in [-0.25, -0.2) is 0 Å². The molecule has 0 amide bonds. The van der Waals surface area contributed by atoms with E-state index in [2.05, 4.69) is 6.58 Å². The van der Waals surface area contributed by atoms with E-state index in [1.165, 1.54) is 0 Å². The summed E-state index contributed by atoms with van der Waals surface area (Å²) in [5.74, 6) is -0.190. The van der Waals surface area contributed by atoms with E-state index in [0.717, 1.165) is 0 Å². The van der Waals surface area contributed by atoms with E-state index < -0.39 is 0 Å². The maximum atomic E-state index is 7.92. The second-order valence-corrected chi connectivity index (χ2v) is 0.724. The Balaban J connectivity index is 2.85. The van der Waals surface area contributed by atoms with Gasteiger partial charge < -0.3 is 10.2 Å². The number of rotatable bonds is 1. The highest BCUT2D eigenvalue weighted by atomic mass is 16.3. The van der Waals surface area contributed by atoms with E-state index >= 15 is 0 Å². The van der Waals surface area contributed by atoms with Crippen LogP contribution in [0.1, 0.15) is 0 Å². The minimum atomic E-state index is -0.333. The van der Waals surface area contributed by atoms with E-state index in [4.69, 9.17) is 10.2 Å². The molecule has 2 nitrogen and oxygen atoms in total. The molecule has 0 aliphatic carbocycles. The van der Waals surface area contributed by atoms with Gasteiger partial charge in [-0.05, 0) is 0 Å². The average Bonchev–Trinajstić information content (AvgIpc) is 1.38. The molecule has 2 N–H and O–H groups in total. The lowest BCUT2D eigenvalue weighted by atomic mass is 10.6. The first-order valence-corrected chi connectivity index (χ1v) is 1.25. The van der Waals surface area contributed by atoms with Gasteiger partial charge in [0.25, 0.3) is 0 Å². The van der Waals surface area contributed by atoms with Crippen molar-refractivity contribution in [3.8, 4) is 0 Å². The van der Waals surface area contributed by atoms with Crippen molar-refractivity contribution in [1.82, 2.24) is 0 Å². The molecular weight excluding hydrogens is 68.0 g/mol. The Labute approximate surface area is 30.4 Å². The lowest BCUT2D eigenvalue weighted by molar-refractivity contribution is 0.255. The third-order valence-electron chi connectivity index (χ3n) is 0.183. The fraction of sp³-hybridized carbons (Fsp3) is 0.333. The second-order valence-electron chi connectivity index (χ2n) is 0.724. The summed E-state index contributed by atoms with van der Waals surface area (Å²) in [6.07, 6.45) is 0. The van der Waals surface area contributed by atoms with Crippen LogP contribution in [0.25, 0.3) is 0 Å². The highest BCUT2D eigenvalue weighted by molar-refractivity contribution is 4.75. The Morgan fingerprint density at radius 2 is 2.00 bits per heavy atom. The van der Waals surface area contributed by atoms with Gasteiger partial charge in [0.2, 0.25) is 0 Å². The van der Waals surface area contributed by atoms with Crippen molar-refractivity contribution in [3.05, 3.63) is 12.3 Å². The van der Waals surface area contributed by atoms with Crippen molar-refractivity contribution in [1.29, 1.82) is 0 Å². The van der Waals surface area contributed by atoms with Gasteiger partial charge in [0.1, 0.15) is 5.76 Å². The number of aliphatic hydroxyl groups excluding tert-OH is 2. The normalized spacial score (nSPS) is 7.40. The standard InChI is InChI=1S/C3H6O2/c1-3(5)2-4/h4-5H,1-2H2. The van der Waals surface area contributed by atoms with Crippen molar-refractivity contribution in [2.75, 3.05) is 6.61 Å². The molecule has 0 aromatic heterocycles. The van der Waals surface area contributed by atoms with Gasteiger partial charge in [-0.3, -0.25) is 0 Å². The van der Waals surface area contributed by atoms with Gasteiger partial charge in [0.15, 0.2) is 0 Å². The zero-order valence-corrected chi connectivity index (χ0v) is 2.81. The zero-order chi connectivity index (χ0) is 4.28.